The molecule has 0 bridgehead atoms. The number of hydrogen-bond acceptors (Lipinski definition) is 5. The Balaban J connectivity index is 2.07. The highest BCUT2D eigenvalue weighted by atomic mass is 32.2. The van der Waals surface area contributed by atoms with Gasteiger partial charge in [0.25, 0.3) is 0 Å². The smallest absolute Gasteiger partial charge is 0.340 e. The van der Waals surface area contributed by atoms with Crippen molar-refractivity contribution in [2.45, 2.75) is 36.9 Å². The Morgan fingerprint density at radius 3 is 2.71 bits per heavy atom. The molecule has 2 rings (SSSR count). The number of rotatable bonds is 5. The zero-order valence-corrected chi connectivity index (χ0v) is 13.6. The van der Waals surface area contributed by atoms with Crippen molar-refractivity contribution in [3.05, 3.63) is 23.8 Å². The summed E-state index contributed by atoms with van der Waals surface area (Å²) in [4.78, 5) is 11.7. The molecule has 0 atom stereocenters. The molecule has 0 aromatic heterocycles. The summed E-state index contributed by atoms with van der Waals surface area (Å²) in [6, 6.07) is 5.44. The van der Waals surface area contributed by atoms with Crippen LogP contribution >= 0.6 is 11.8 Å². The van der Waals surface area contributed by atoms with E-state index in [1.807, 2.05) is 17.8 Å². The number of esters is 1. The van der Waals surface area contributed by atoms with Gasteiger partial charge in [-0.1, -0.05) is 19.3 Å². The number of nitrogen functional groups attached to an aromatic ring is 1. The highest BCUT2D eigenvalue weighted by Gasteiger charge is 2.30. The Morgan fingerprint density at radius 1 is 1.38 bits per heavy atom. The fourth-order valence-electron chi connectivity index (χ4n) is 2.87. The Kier molecular flexibility index (Phi) is 5.39. The summed E-state index contributed by atoms with van der Waals surface area (Å²) in [6.07, 6.45) is 8.64. The normalized spacial score (nSPS) is 17.2. The van der Waals surface area contributed by atoms with Gasteiger partial charge in [-0.25, -0.2) is 4.79 Å². The molecule has 0 aliphatic heterocycles. The molecule has 0 unspecified atom stereocenters. The third-order valence-electron chi connectivity index (χ3n) is 4.27. The van der Waals surface area contributed by atoms with E-state index < -0.39 is 5.97 Å². The lowest BCUT2D eigenvalue weighted by Gasteiger charge is -2.36. The molecule has 1 fully saturated rings. The van der Waals surface area contributed by atoms with Gasteiger partial charge in [0.05, 0.1) is 12.7 Å². The SMILES string of the molecule is COC(=O)c1cc(NCC2(SC)CCCCC2)ccc1N. The van der Waals surface area contributed by atoms with Crippen molar-refractivity contribution in [1.82, 2.24) is 0 Å². The van der Waals surface area contributed by atoms with Gasteiger partial charge in [0.15, 0.2) is 0 Å². The molecule has 0 radical (unpaired) electrons. The maximum atomic E-state index is 11.7. The van der Waals surface area contributed by atoms with E-state index in [1.54, 1.807) is 12.1 Å². The first-order chi connectivity index (χ1) is 10.1. The second kappa shape index (κ2) is 7.07. The molecule has 0 heterocycles. The van der Waals surface area contributed by atoms with Gasteiger partial charge in [-0.2, -0.15) is 11.8 Å². The fourth-order valence-corrected chi connectivity index (χ4v) is 3.78. The van der Waals surface area contributed by atoms with Crippen molar-refractivity contribution in [3.63, 3.8) is 0 Å². The fraction of sp³-hybridized carbons (Fsp3) is 0.562. The molecule has 116 valence electrons. The van der Waals surface area contributed by atoms with Crippen molar-refractivity contribution >= 4 is 29.1 Å². The number of ether oxygens (including phenoxy) is 1. The first-order valence-corrected chi connectivity index (χ1v) is 8.59. The first kappa shape index (κ1) is 16.0. The van der Waals surface area contributed by atoms with E-state index in [9.17, 15) is 4.79 Å². The molecule has 3 N–H and O–H groups in total. The predicted molar refractivity (Wildman–Crippen MR) is 90.0 cm³/mol. The van der Waals surface area contributed by atoms with Crippen molar-refractivity contribution in [3.8, 4) is 0 Å². The third-order valence-corrected chi connectivity index (χ3v) is 5.69. The van der Waals surface area contributed by atoms with Crippen LogP contribution in [0.1, 0.15) is 42.5 Å². The van der Waals surface area contributed by atoms with E-state index in [2.05, 4.69) is 11.6 Å². The van der Waals surface area contributed by atoms with Crippen LogP contribution in [-0.4, -0.2) is 30.6 Å². The average Bonchev–Trinajstić information content (AvgIpc) is 2.54. The molecule has 1 aliphatic carbocycles. The second-order valence-electron chi connectivity index (χ2n) is 5.59. The molecule has 0 spiro atoms. The number of nitrogens with two attached hydrogens (primary N) is 1. The van der Waals surface area contributed by atoms with Crippen LogP contribution in [0, 0.1) is 0 Å². The Bertz CT molecular complexity index is 499. The second-order valence-corrected chi connectivity index (χ2v) is 6.87. The number of methoxy groups -OCH3 is 1. The van der Waals surface area contributed by atoms with Gasteiger partial charge in [-0.05, 0) is 37.3 Å². The highest BCUT2D eigenvalue weighted by molar-refractivity contribution is 8.00. The largest absolute Gasteiger partial charge is 0.465 e. The summed E-state index contributed by atoms with van der Waals surface area (Å²) in [6.45, 7) is 0.915. The Labute approximate surface area is 130 Å². The number of benzene rings is 1. The zero-order chi connectivity index (χ0) is 15.3. The van der Waals surface area contributed by atoms with Crippen LogP contribution in [0.4, 0.5) is 11.4 Å². The van der Waals surface area contributed by atoms with Crippen LogP contribution in [0.5, 0.6) is 0 Å². The minimum atomic E-state index is -0.395. The average molecular weight is 308 g/mol. The molecule has 1 aromatic carbocycles. The van der Waals surface area contributed by atoms with Gasteiger partial charge in [0.2, 0.25) is 0 Å². The van der Waals surface area contributed by atoms with Crippen molar-refractivity contribution < 1.29 is 9.53 Å². The topological polar surface area (TPSA) is 64.3 Å². The van der Waals surface area contributed by atoms with E-state index in [0.717, 1.165) is 12.2 Å². The van der Waals surface area contributed by atoms with Gasteiger partial charge in [-0.3, -0.25) is 0 Å². The standard InChI is InChI=1S/C16H24N2O2S/c1-20-15(19)13-10-12(6-7-14(13)17)18-11-16(21-2)8-4-3-5-9-16/h6-7,10,18H,3-5,8-9,11,17H2,1-2H3. The van der Waals surface area contributed by atoms with E-state index >= 15 is 0 Å². The van der Waals surface area contributed by atoms with Crippen LogP contribution in [-0.2, 0) is 4.74 Å². The lowest BCUT2D eigenvalue weighted by Crippen LogP contribution is -2.35. The number of carbonyl (C=O) groups excluding carboxylic acids is 1. The summed E-state index contributed by atoms with van der Waals surface area (Å²) in [5.74, 6) is -0.395. The summed E-state index contributed by atoms with van der Waals surface area (Å²) in [5, 5.41) is 3.47. The predicted octanol–water partition coefficient (Wildman–Crippen LogP) is 3.53. The van der Waals surface area contributed by atoms with Crippen LogP contribution in [0.3, 0.4) is 0 Å². The number of nitrogens with one attached hydrogen (secondary N) is 1. The highest BCUT2D eigenvalue weighted by Crippen LogP contribution is 2.38. The summed E-state index contributed by atoms with van der Waals surface area (Å²) >= 11 is 1.95. The van der Waals surface area contributed by atoms with Crippen LogP contribution in [0.2, 0.25) is 0 Å². The van der Waals surface area contributed by atoms with E-state index in [0.29, 0.717) is 16.0 Å². The molecule has 5 heteroatoms. The summed E-state index contributed by atoms with van der Waals surface area (Å²) in [7, 11) is 1.37. The lowest BCUT2D eigenvalue weighted by atomic mass is 9.88. The molecule has 1 aliphatic rings. The molecule has 0 saturated heterocycles. The van der Waals surface area contributed by atoms with E-state index in [1.165, 1.54) is 39.2 Å². The minimum Gasteiger partial charge on any atom is -0.465 e. The zero-order valence-electron chi connectivity index (χ0n) is 12.8. The molecule has 1 aromatic rings. The molecule has 21 heavy (non-hydrogen) atoms. The van der Waals surface area contributed by atoms with Gasteiger partial charge >= 0.3 is 5.97 Å². The Morgan fingerprint density at radius 2 is 2.10 bits per heavy atom. The molecule has 0 amide bonds. The summed E-state index contributed by atoms with van der Waals surface area (Å²) < 4.78 is 5.07. The molecular weight excluding hydrogens is 284 g/mol. The maximum Gasteiger partial charge on any atom is 0.340 e. The van der Waals surface area contributed by atoms with Gasteiger partial charge in [0.1, 0.15) is 0 Å². The number of hydrogen-bond donors (Lipinski definition) is 2. The first-order valence-electron chi connectivity index (χ1n) is 7.37. The number of carbonyl (C=O) groups is 1. The van der Waals surface area contributed by atoms with Crippen molar-refractivity contribution in [2.24, 2.45) is 0 Å². The quantitative estimate of drug-likeness (QED) is 0.643. The molecule has 1 saturated carbocycles. The molecule has 4 nitrogen and oxygen atoms in total. The van der Waals surface area contributed by atoms with E-state index in [4.69, 9.17) is 10.5 Å². The maximum absolute atomic E-state index is 11.7. The number of thioether (sulfide) groups is 1. The van der Waals surface area contributed by atoms with Crippen molar-refractivity contribution in [1.29, 1.82) is 0 Å². The molecular formula is C16H24N2O2S. The summed E-state index contributed by atoms with van der Waals surface area (Å²) in [5.41, 5.74) is 7.61. The third kappa shape index (κ3) is 3.84. The van der Waals surface area contributed by atoms with Crippen molar-refractivity contribution in [2.75, 3.05) is 31.0 Å². The number of anilines is 2. The van der Waals surface area contributed by atoms with Gasteiger partial charge < -0.3 is 15.8 Å². The van der Waals surface area contributed by atoms with Crippen LogP contribution in [0.15, 0.2) is 18.2 Å². The van der Waals surface area contributed by atoms with Gasteiger partial charge in [-0.15, -0.1) is 0 Å². The monoisotopic (exact) mass is 308 g/mol. The lowest BCUT2D eigenvalue weighted by molar-refractivity contribution is 0.0602. The van der Waals surface area contributed by atoms with Crippen LogP contribution < -0.4 is 11.1 Å². The van der Waals surface area contributed by atoms with Crippen LogP contribution in [0.25, 0.3) is 0 Å². The van der Waals surface area contributed by atoms with Gasteiger partial charge in [0, 0.05) is 22.7 Å². The Hall–Kier alpha value is -1.36. The van der Waals surface area contributed by atoms with E-state index in [-0.39, 0.29) is 0 Å². The minimum absolute atomic E-state index is 0.311.